The summed E-state index contributed by atoms with van der Waals surface area (Å²) in [6, 6.07) is 14.3. The molecule has 1 aromatic carbocycles. The second kappa shape index (κ2) is 8.60. The van der Waals surface area contributed by atoms with Crippen LogP contribution in [0.2, 0.25) is 0 Å². The third-order valence-corrected chi connectivity index (χ3v) is 4.66. The fourth-order valence-electron chi connectivity index (χ4n) is 2.57. The molecule has 25 heavy (non-hydrogen) atoms. The van der Waals surface area contributed by atoms with Crippen molar-refractivity contribution in [2.75, 3.05) is 13.1 Å². The van der Waals surface area contributed by atoms with Crippen LogP contribution < -0.4 is 10.6 Å². The van der Waals surface area contributed by atoms with Gasteiger partial charge >= 0.3 is 0 Å². The summed E-state index contributed by atoms with van der Waals surface area (Å²) in [5.74, 6) is 0.0177. The maximum atomic E-state index is 10.9. The van der Waals surface area contributed by atoms with Gasteiger partial charge in [-0.2, -0.15) is 5.10 Å². The van der Waals surface area contributed by atoms with Crippen LogP contribution >= 0.6 is 11.3 Å². The van der Waals surface area contributed by atoms with E-state index in [1.54, 1.807) is 18.3 Å². The summed E-state index contributed by atoms with van der Waals surface area (Å²) in [5.41, 5.74) is 3.25. The van der Waals surface area contributed by atoms with Crippen molar-refractivity contribution in [3.8, 4) is 16.3 Å². The highest BCUT2D eigenvalue weighted by atomic mass is 32.1. The zero-order valence-corrected chi connectivity index (χ0v) is 15.1. The molecule has 0 atom stereocenters. The summed E-state index contributed by atoms with van der Waals surface area (Å²) in [7, 11) is 0. The molecule has 2 aromatic heterocycles. The Hall–Kier alpha value is -2.44. The fraction of sp³-hybridized carbons (Fsp3) is 0.263. The van der Waals surface area contributed by atoms with E-state index in [0.717, 1.165) is 30.9 Å². The number of carbonyl (C=O) groups is 1. The lowest BCUT2D eigenvalue weighted by Gasteiger charge is -2.05. The monoisotopic (exact) mass is 354 g/mol. The first-order chi connectivity index (χ1) is 12.2. The molecule has 0 saturated carbocycles. The summed E-state index contributed by atoms with van der Waals surface area (Å²) < 4.78 is 1.93. The Balaban J connectivity index is 1.69. The normalized spacial score (nSPS) is 10.8. The van der Waals surface area contributed by atoms with E-state index in [2.05, 4.69) is 40.4 Å². The average molecular weight is 354 g/mol. The van der Waals surface area contributed by atoms with E-state index in [-0.39, 0.29) is 5.91 Å². The van der Waals surface area contributed by atoms with Crippen LogP contribution in [0.4, 0.5) is 0 Å². The van der Waals surface area contributed by atoms with Crippen LogP contribution in [0.3, 0.4) is 0 Å². The molecular weight excluding hydrogens is 332 g/mol. The molecule has 3 aromatic rings. The van der Waals surface area contributed by atoms with Crippen molar-refractivity contribution in [1.29, 1.82) is 0 Å². The van der Waals surface area contributed by atoms with Crippen LogP contribution in [0.5, 0.6) is 0 Å². The molecule has 0 bridgehead atoms. The first-order valence-corrected chi connectivity index (χ1v) is 9.25. The molecule has 1 amide bonds. The third kappa shape index (κ3) is 4.78. The molecule has 130 valence electrons. The Labute approximate surface area is 151 Å². The number of hydrogen-bond acceptors (Lipinski definition) is 4. The number of rotatable bonds is 8. The van der Waals surface area contributed by atoms with Crippen LogP contribution in [0.15, 0.2) is 54.0 Å². The Kier molecular flexibility index (Phi) is 5.98. The molecule has 0 aliphatic carbocycles. The lowest BCUT2D eigenvalue weighted by atomic mass is 10.2. The molecule has 0 saturated heterocycles. The largest absolute Gasteiger partial charge is 0.356 e. The molecule has 3 rings (SSSR count). The number of aromatic nitrogens is 2. The van der Waals surface area contributed by atoms with Crippen LogP contribution in [0.1, 0.15) is 18.9 Å². The van der Waals surface area contributed by atoms with Gasteiger partial charge in [0.25, 0.3) is 0 Å². The van der Waals surface area contributed by atoms with Crippen molar-refractivity contribution < 1.29 is 4.79 Å². The van der Waals surface area contributed by atoms with Crippen LogP contribution in [-0.2, 0) is 11.3 Å². The van der Waals surface area contributed by atoms with E-state index in [9.17, 15) is 4.79 Å². The summed E-state index contributed by atoms with van der Waals surface area (Å²) in [5, 5.41) is 13.1. The van der Waals surface area contributed by atoms with Crippen LogP contribution in [0, 0.1) is 0 Å². The molecule has 5 nitrogen and oxygen atoms in total. The lowest BCUT2D eigenvalue weighted by molar-refractivity contribution is -0.118. The number of carbonyl (C=O) groups excluding carboxylic acids is 1. The van der Waals surface area contributed by atoms with Gasteiger partial charge in [-0.25, -0.2) is 4.68 Å². The molecule has 2 N–H and O–H groups in total. The maximum absolute atomic E-state index is 10.9. The minimum atomic E-state index is 0.0177. The summed E-state index contributed by atoms with van der Waals surface area (Å²) in [6.07, 6.45) is 2.99. The van der Waals surface area contributed by atoms with E-state index in [1.807, 2.05) is 28.9 Å². The number of amides is 1. The number of thiophene rings is 1. The van der Waals surface area contributed by atoms with Crippen molar-refractivity contribution >= 4 is 17.2 Å². The number of nitrogens with one attached hydrogen (secondary N) is 2. The fourth-order valence-corrected chi connectivity index (χ4v) is 3.32. The van der Waals surface area contributed by atoms with Crippen molar-refractivity contribution in [3.63, 3.8) is 0 Å². The number of para-hydroxylation sites is 1. The summed E-state index contributed by atoms with van der Waals surface area (Å²) >= 11 is 1.70. The van der Waals surface area contributed by atoms with Crippen molar-refractivity contribution in [3.05, 3.63) is 59.6 Å². The number of benzene rings is 1. The van der Waals surface area contributed by atoms with Gasteiger partial charge in [0.2, 0.25) is 5.91 Å². The third-order valence-electron chi connectivity index (χ3n) is 3.79. The molecule has 0 unspecified atom stereocenters. The SMILES string of the molecule is CC(=O)NCCCNCc1cn(-c2ccccc2)nc1-c1cccs1. The van der Waals surface area contributed by atoms with Crippen molar-refractivity contribution in [2.24, 2.45) is 0 Å². The van der Waals surface area contributed by atoms with Gasteiger partial charge in [-0.05, 0) is 36.5 Å². The second-order valence-corrected chi connectivity index (χ2v) is 6.72. The predicted octanol–water partition coefficient (Wildman–Crippen LogP) is 3.22. The van der Waals surface area contributed by atoms with Gasteiger partial charge < -0.3 is 10.6 Å². The van der Waals surface area contributed by atoms with E-state index >= 15 is 0 Å². The van der Waals surface area contributed by atoms with Gasteiger partial charge in [-0.15, -0.1) is 11.3 Å². The van der Waals surface area contributed by atoms with Gasteiger partial charge in [0, 0.05) is 31.8 Å². The van der Waals surface area contributed by atoms with Gasteiger partial charge in [-0.1, -0.05) is 24.3 Å². The van der Waals surface area contributed by atoms with E-state index in [4.69, 9.17) is 5.10 Å². The molecule has 0 radical (unpaired) electrons. The molecular formula is C19H22N4OS. The Morgan fingerprint density at radius 3 is 2.72 bits per heavy atom. The van der Waals surface area contributed by atoms with Gasteiger partial charge in [0.05, 0.1) is 10.6 Å². The molecule has 0 fully saturated rings. The highest BCUT2D eigenvalue weighted by Crippen LogP contribution is 2.27. The average Bonchev–Trinajstić information content (AvgIpc) is 3.28. The van der Waals surface area contributed by atoms with Gasteiger partial charge in [-0.3, -0.25) is 4.79 Å². The molecule has 0 aliphatic rings. The quantitative estimate of drug-likeness (QED) is 0.611. The summed E-state index contributed by atoms with van der Waals surface area (Å²) in [6.45, 7) is 3.84. The highest BCUT2D eigenvalue weighted by molar-refractivity contribution is 7.13. The molecule has 6 heteroatoms. The summed E-state index contributed by atoms with van der Waals surface area (Å²) in [4.78, 5) is 12.0. The topological polar surface area (TPSA) is 59.0 Å². The van der Waals surface area contributed by atoms with Gasteiger partial charge in [0.15, 0.2) is 0 Å². The van der Waals surface area contributed by atoms with Crippen molar-refractivity contribution in [2.45, 2.75) is 19.9 Å². The van der Waals surface area contributed by atoms with E-state index in [1.165, 1.54) is 10.4 Å². The highest BCUT2D eigenvalue weighted by Gasteiger charge is 2.12. The molecule has 0 spiro atoms. The minimum Gasteiger partial charge on any atom is -0.356 e. The first kappa shape index (κ1) is 17.4. The zero-order valence-electron chi connectivity index (χ0n) is 14.2. The smallest absolute Gasteiger partial charge is 0.216 e. The van der Waals surface area contributed by atoms with E-state index < -0.39 is 0 Å². The second-order valence-electron chi connectivity index (χ2n) is 5.77. The van der Waals surface area contributed by atoms with Crippen LogP contribution in [0.25, 0.3) is 16.3 Å². The Morgan fingerprint density at radius 2 is 2.00 bits per heavy atom. The number of nitrogens with zero attached hydrogens (tertiary/aromatic N) is 2. The Morgan fingerprint density at radius 1 is 1.16 bits per heavy atom. The first-order valence-electron chi connectivity index (χ1n) is 8.37. The van der Waals surface area contributed by atoms with Crippen LogP contribution in [-0.4, -0.2) is 28.8 Å². The minimum absolute atomic E-state index is 0.0177. The standard InChI is InChI=1S/C19H22N4OS/c1-15(24)21-11-6-10-20-13-16-14-23(17-7-3-2-4-8-17)22-19(16)18-9-5-12-25-18/h2-5,7-9,12,14,20H,6,10-11,13H2,1H3,(H,21,24). The van der Waals surface area contributed by atoms with Crippen molar-refractivity contribution in [1.82, 2.24) is 20.4 Å². The predicted molar refractivity (Wildman–Crippen MR) is 102 cm³/mol. The van der Waals surface area contributed by atoms with E-state index in [0.29, 0.717) is 6.54 Å². The zero-order chi connectivity index (χ0) is 17.5. The lowest BCUT2D eigenvalue weighted by Crippen LogP contribution is -2.25. The molecule has 2 heterocycles. The van der Waals surface area contributed by atoms with Gasteiger partial charge in [0.1, 0.15) is 5.69 Å². The molecule has 0 aliphatic heterocycles. The Bertz CT molecular complexity index is 796. The number of hydrogen-bond donors (Lipinski definition) is 2. The maximum Gasteiger partial charge on any atom is 0.216 e.